The fourth-order valence-corrected chi connectivity index (χ4v) is 5.53. The van der Waals surface area contributed by atoms with Gasteiger partial charge in [0.1, 0.15) is 0 Å². The van der Waals surface area contributed by atoms with E-state index in [-0.39, 0.29) is 5.54 Å². The van der Waals surface area contributed by atoms with E-state index in [2.05, 4.69) is 31.9 Å². The van der Waals surface area contributed by atoms with E-state index < -0.39 is 17.7 Å². The Kier molecular flexibility index (Phi) is 4.76. The van der Waals surface area contributed by atoms with Crippen LogP contribution < -0.4 is 11.2 Å². The van der Waals surface area contributed by atoms with Crippen molar-refractivity contribution in [2.45, 2.75) is 26.3 Å². The van der Waals surface area contributed by atoms with Crippen molar-refractivity contribution in [3.8, 4) is 0 Å². The number of rotatable bonds is 3. The number of nitrogens with one attached hydrogen (secondary N) is 3. The third-order valence-corrected chi connectivity index (χ3v) is 8.41. The van der Waals surface area contributed by atoms with E-state index in [1.54, 1.807) is 0 Å². The second-order valence-electron chi connectivity index (χ2n) is 3.58. The van der Waals surface area contributed by atoms with Crippen molar-refractivity contribution in [3.63, 3.8) is 0 Å². The first-order valence-corrected chi connectivity index (χ1v) is 8.38. The summed E-state index contributed by atoms with van der Waals surface area (Å²) < 4.78 is 14.6. The van der Waals surface area contributed by atoms with Gasteiger partial charge in [0.25, 0.3) is 0 Å². The van der Waals surface area contributed by atoms with Crippen LogP contribution in [-0.4, -0.2) is 26.7 Å². The topological polar surface area (TPSA) is 48.5 Å². The SMILES string of the molecule is C[NH][Nb](=[N]C(C)(C)C)([NH]C)[NH]C. The summed E-state index contributed by atoms with van der Waals surface area (Å²) in [6.45, 7) is 6.34. The minimum atomic E-state index is -2.62. The van der Waals surface area contributed by atoms with Gasteiger partial charge in [0.2, 0.25) is 0 Å². The standard InChI is InChI=1S/C4H9N.3CH4N.Nb/c1-4(2,3)5;3*1-2;/h1-3H3;3*2H,1H3;/q;3*-1;+3. The summed E-state index contributed by atoms with van der Waals surface area (Å²) in [5, 5.41) is 0. The predicted octanol–water partition coefficient (Wildman–Crippen LogP) is 0.526. The molecule has 4 nitrogen and oxygen atoms in total. The molecule has 0 spiro atoms. The summed E-state index contributed by atoms with van der Waals surface area (Å²) in [6, 6.07) is 0. The molecule has 0 heterocycles. The molecular formula is C7H21N4Nb. The van der Waals surface area contributed by atoms with E-state index in [0.717, 1.165) is 0 Å². The predicted molar refractivity (Wildman–Crippen MR) is 49.4 cm³/mol. The summed E-state index contributed by atoms with van der Waals surface area (Å²) in [6.07, 6.45) is 0. The van der Waals surface area contributed by atoms with Crippen LogP contribution in [0.3, 0.4) is 0 Å². The molecule has 0 saturated heterocycles. The Morgan fingerprint density at radius 2 is 1.25 bits per heavy atom. The molecule has 5 heteroatoms. The molecule has 0 amide bonds. The first kappa shape index (κ1) is 12.4. The van der Waals surface area contributed by atoms with Gasteiger partial charge in [0.15, 0.2) is 0 Å². The van der Waals surface area contributed by atoms with Gasteiger partial charge in [-0.1, -0.05) is 0 Å². The normalized spacial score (nSPS) is 13.2. The van der Waals surface area contributed by atoms with Crippen LogP contribution in [0.2, 0.25) is 0 Å². The van der Waals surface area contributed by atoms with Crippen molar-refractivity contribution in [1.82, 2.24) is 11.2 Å². The second kappa shape index (κ2) is 4.60. The molecule has 0 aromatic rings. The monoisotopic (exact) mass is 254 g/mol. The number of nitrogens with zero attached hydrogens (tertiary/aromatic N) is 1. The molecule has 74 valence electrons. The molecule has 0 aromatic heterocycles. The second-order valence-corrected chi connectivity index (χ2v) is 10.5. The summed E-state index contributed by atoms with van der Waals surface area (Å²) in [7, 11) is 5.86. The van der Waals surface area contributed by atoms with Gasteiger partial charge < -0.3 is 0 Å². The van der Waals surface area contributed by atoms with Crippen LogP contribution in [0.4, 0.5) is 0 Å². The van der Waals surface area contributed by atoms with E-state index in [0.29, 0.717) is 0 Å². The van der Waals surface area contributed by atoms with E-state index in [4.69, 9.17) is 3.34 Å². The van der Waals surface area contributed by atoms with E-state index in [1.165, 1.54) is 0 Å². The Balaban J connectivity index is 4.82. The van der Waals surface area contributed by atoms with Crippen molar-refractivity contribution < 1.29 is 17.7 Å². The minimum absolute atomic E-state index is 0.0145. The Bertz CT molecular complexity index is 163. The van der Waals surface area contributed by atoms with Crippen molar-refractivity contribution in [1.29, 1.82) is 0 Å². The summed E-state index contributed by atoms with van der Waals surface area (Å²) >= 11 is -2.62. The van der Waals surface area contributed by atoms with Gasteiger partial charge in [0, 0.05) is 0 Å². The van der Waals surface area contributed by atoms with Crippen molar-refractivity contribution in [3.05, 3.63) is 0 Å². The van der Waals surface area contributed by atoms with Crippen LogP contribution in [-0.2, 0) is 17.7 Å². The van der Waals surface area contributed by atoms with Gasteiger partial charge in [-0.3, -0.25) is 0 Å². The van der Waals surface area contributed by atoms with Crippen LogP contribution >= 0.6 is 0 Å². The first-order chi connectivity index (χ1) is 5.39. The maximum atomic E-state index is 4.76. The molecule has 0 aromatic carbocycles. The average Bonchev–Trinajstić information content (AvgIpc) is 1.99. The Morgan fingerprint density at radius 3 is 1.33 bits per heavy atom. The van der Waals surface area contributed by atoms with E-state index >= 15 is 0 Å². The zero-order valence-electron chi connectivity index (χ0n) is 8.89. The van der Waals surface area contributed by atoms with Crippen molar-refractivity contribution in [2.24, 2.45) is 3.34 Å². The van der Waals surface area contributed by atoms with E-state index in [9.17, 15) is 0 Å². The number of hydrogen-bond acceptors (Lipinski definition) is 1. The molecular weight excluding hydrogens is 233 g/mol. The molecule has 0 bridgehead atoms. The summed E-state index contributed by atoms with van der Waals surface area (Å²) in [4.78, 5) is 0. The third-order valence-electron chi connectivity index (χ3n) is 1.42. The van der Waals surface area contributed by atoms with Gasteiger partial charge in [0.05, 0.1) is 0 Å². The Labute approximate surface area is 79.9 Å². The fourth-order valence-electron chi connectivity index (χ4n) is 0.935. The van der Waals surface area contributed by atoms with Crippen LogP contribution in [0, 0.1) is 0 Å². The molecule has 0 radical (unpaired) electrons. The van der Waals surface area contributed by atoms with Gasteiger partial charge >= 0.3 is 79.7 Å². The van der Waals surface area contributed by atoms with Gasteiger partial charge in [-0.2, -0.15) is 0 Å². The number of hydrogen-bond donors (Lipinski definition) is 3. The molecule has 0 saturated carbocycles. The van der Waals surface area contributed by atoms with Gasteiger partial charge in [-0.15, -0.1) is 0 Å². The van der Waals surface area contributed by atoms with Crippen LogP contribution in [0.15, 0.2) is 3.34 Å². The third kappa shape index (κ3) is 3.89. The van der Waals surface area contributed by atoms with Crippen molar-refractivity contribution in [2.75, 3.05) is 21.1 Å². The zero-order chi connectivity index (χ0) is 9.83. The summed E-state index contributed by atoms with van der Waals surface area (Å²) in [5.41, 5.74) is 0.0145. The average molecular weight is 254 g/mol. The van der Waals surface area contributed by atoms with Crippen LogP contribution in [0.5, 0.6) is 0 Å². The quantitative estimate of drug-likeness (QED) is 0.644. The van der Waals surface area contributed by atoms with Gasteiger partial charge in [-0.25, -0.2) is 0 Å². The zero-order valence-corrected chi connectivity index (χ0v) is 11.1. The molecule has 0 rings (SSSR count). The Morgan fingerprint density at radius 1 is 0.917 bits per heavy atom. The summed E-state index contributed by atoms with van der Waals surface area (Å²) in [5.74, 6) is 0. The first-order valence-electron chi connectivity index (χ1n) is 4.09. The molecule has 0 unspecified atom stereocenters. The molecule has 0 atom stereocenters. The van der Waals surface area contributed by atoms with Crippen LogP contribution in [0.1, 0.15) is 20.8 Å². The van der Waals surface area contributed by atoms with Crippen LogP contribution in [0.25, 0.3) is 0 Å². The maximum absolute atomic E-state index is 4.76. The molecule has 0 fully saturated rings. The Hall–Kier alpha value is 0.420. The molecule has 12 heavy (non-hydrogen) atoms. The van der Waals surface area contributed by atoms with Crippen molar-refractivity contribution >= 4 is 0 Å². The molecule has 0 aliphatic carbocycles. The molecule has 0 aliphatic heterocycles. The van der Waals surface area contributed by atoms with Gasteiger partial charge in [-0.05, 0) is 0 Å². The molecule has 3 N–H and O–H groups in total. The molecule has 0 aliphatic rings. The van der Waals surface area contributed by atoms with E-state index in [1.807, 2.05) is 21.1 Å². The fraction of sp³-hybridized carbons (Fsp3) is 1.00.